The molecule has 7 heteroatoms. The van der Waals surface area contributed by atoms with E-state index < -0.39 is 6.04 Å². The fraction of sp³-hybridized carbons (Fsp3) is 0.385. The maximum Gasteiger partial charge on any atom is 0.267 e. The standard InChI is InChI=1S/C13H14N4O2S/c1-8(12(19)15-13-14-5-6-20-13)17-11(18)7-9-3-2-4-10(9)16-17/h5-8H,2-4H2,1H3,(H,14,15,19)/t8-/m0/s1. The van der Waals surface area contributed by atoms with E-state index in [1.54, 1.807) is 24.6 Å². The molecule has 20 heavy (non-hydrogen) atoms. The van der Waals surface area contributed by atoms with Gasteiger partial charge in [-0.3, -0.25) is 9.59 Å². The van der Waals surface area contributed by atoms with E-state index in [9.17, 15) is 9.59 Å². The number of hydrogen-bond donors (Lipinski definition) is 1. The Balaban J connectivity index is 1.85. The molecule has 0 fully saturated rings. The number of anilines is 1. The van der Waals surface area contributed by atoms with Gasteiger partial charge in [0.05, 0.1) is 5.69 Å². The van der Waals surface area contributed by atoms with E-state index in [0.29, 0.717) is 5.13 Å². The van der Waals surface area contributed by atoms with Crippen molar-refractivity contribution in [2.45, 2.75) is 32.2 Å². The lowest BCUT2D eigenvalue weighted by molar-refractivity contribution is -0.119. The molecule has 0 saturated heterocycles. The molecule has 0 saturated carbocycles. The smallest absolute Gasteiger partial charge is 0.267 e. The minimum atomic E-state index is -0.655. The summed E-state index contributed by atoms with van der Waals surface area (Å²) in [6.07, 6.45) is 4.41. The Morgan fingerprint density at radius 3 is 3.10 bits per heavy atom. The van der Waals surface area contributed by atoms with Gasteiger partial charge in [0.15, 0.2) is 5.13 Å². The zero-order chi connectivity index (χ0) is 14.1. The average molecular weight is 290 g/mol. The fourth-order valence-electron chi connectivity index (χ4n) is 2.30. The molecule has 0 aromatic carbocycles. The Labute approximate surface area is 119 Å². The average Bonchev–Trinajstić information content (AvgIpc) is 3.07. The van der Waals surface area contributed by atoms with Crippen LogP contribution in [-0.4, -0.2) is 20.7 Å². The Morgan fingerprint density at radius 2 is 2.35 bits per heavy atom. The van der Waals surface area contributed by atoms with E-state index in [-0.39, 0.29) is 11.5 Å². The predicted molar refractivity (Wildman–Crippen MR) is 76.0 cm³/mol. The van der Waals surface area contributed by atoms with Crippen LogP contribution in [0.3, 0.4) is 0 Å². The van der Waals surface area contributed by atoms with Crippen molar-refractivity contribution >= 4 is 22.4 Å². The number of nitrogens with zero attached hydrogens (tertiary/aromatic N) is 3. The van der Waals surface area contributed by atoms with Gasteiger partial charge in [0.1, 0.15) is 6.04 Å². The molecule has 1 aliphatic carbocycles. The van der Waals surface area contributed by atoms with Gasteiger partial charge in [-0.25, -0.2) is 9.67 Å². The van der Waals surface area contributed by atoms with E-state index in [4.69, 9.17) is 0 Å². The van der Waals surface area contributed by atoms with Crippen LogP contribution in [-0.2, 0) is 17.6 Å². The Kier molecular flexibility index (Phi) is 3.35. The number of thiazole rings is 1. The first-order chi connectivity index (χ1) is 9.65. The lowest BCUT2D eigenvalue weighted by Gasteiger charge is -2.14. The highest BCUT2D eigenvalue weighted by Gasteiger charge is 2.21. The van der Waals surface area contributed by atoms with E-state index in [0.717, 1.165) is 30.5 Å². The molecule has 3 rings (SSSR count). The summed E-state index contributed by atoms with van der Waals surface area (Å²) < 4.78 is 1.26. The predicted octanol–water partition coefficient (Wildman–Crippen LogP) is 1.39. The quantitative estimate of drug-likeness (QED) is 0.926. The second kappa shape index (κ2) is 5.16. The zero-order valence-electron chi connectivity index (χ0n) is 11.0. The number of carbonyl (C=O) groups excluding carboxylic acids is 1. The third kappa shape index (κ3) is 2.36. The van der Waals surface area contributed by atoms with Crippen LogP contribution >= 0.6 is 11.3 Å². The third-order valence-corrected chi connectivity index (χ3v) is 4.08. The van der Waals surface area contributed by atoms with Gasteiger partial charge >= 0.3 is 0 Å². The van der Waals surface area contributed by atoms with Crippen molar-refractivity contribution in [1.82, 2.24) is 14.8 Å². The van der Waals surface area contributed by atoms with Crippen molar-refractivity contribution in [1.29, 1.82) is 0 Å². The van der Waals surface area contributed by atoms with Crippen molar-refractivity contribution in [2.24, 2.45) is 0 Å². The van der Waals surface area contributed by atoms with Crippen molar-refractivity contribution < 1.29 is 4.79 Å². The lowest BCUT2D eigenvalue weighted by atomic mass is 10.2. The van der Waals surface area contributed by atoms with Crippen molar-refractivity contribution in [3.8, 4) is 0 Å². The summed E-state index contributed by atoms with van der Waals surface area (Å²) in [5.74, 6) is -0.285. The van der Waals surface area contributed by atoms with Gasteiger partial charge < -0.3 is 5.32 Å². The highest BCUT2D eigenvalue weighted by Crippen LogP contribution is 2.18. The number of carbonyl (C=O) groups is 1. The topological polar surface area (TPSA) is 76.9 Å². The number of nitrogens with one attached hydrogen (secondary N) is 1. The molecule has 1 N–H and O–H groups in total. The van der Waals surface area contributed by atoms with Crippen LogP contribution in [0.1, 0.15) is 30.6 Å². The summed E-state index contributed by atoms with van der Waals surface area (Å²) in [4.78, 5) is 28.1. The van der Waals surface area contributed by atoms with Crippen molar-refractivity contribution in [3.63, 3.8) is 0 Å². The number of aromatic nitrogens is 3. The first-order valence-electron chi connectivity index (χ1n) is 6.47. The molecule has 0 spiro atoms. The van der Waals surface area contributed by atoms with Gasteiger partial charge in [0.25, 0.3) is 11.5 Å². The van der Waals surface area contributed by atoms with Crippen LogP contribution in [0.25, 0.3) is 0 Å². The molecule has 2 aromatic rings. The molecule has 2 heterocycles. The molecule has 0 unspecified atom stereocenters. The second-order valence-corrected chi connectivity index (χ2v) is 5.65. The molecular weight excluding hydrogens is 276 g/mol. The van der Waals surface area contributed by atoms with Crippen LogP contribution in [0.2, 0.25) is 0 Å². The van der Waals surface area contributed by atoms with Crippen LogP contribution in [0.5, 0.6) is 0 Å². The summed E-state index contributed by atoms with van der Waals surface area (Å²) in [7, 11) is 0. The molecule has 2 aromatic heterocycles. The number of rotatable bonds is 3. The van der Waals surface area contributed by atoms with E-state index >= 15 is 0 Å². The molecule has 1 amide bonds. The molecular formula is C13H14N4O2S. The summed E-state index contributed by atoms with van der Waals surface area (Å²) >= 11 is 1.34. The van der Waals surface area contributed by atoms with E-state index in [1.807, 2.05) is 0 Å². The third-order valence-electron chi connectivity index (χ3n) is 3.39. The number of aryl methyl sites for hydroxylation is 2. The molecule has 104 valence electrons. The summed E-state index contributed by atoms with van der Waals surface area (Å²) in [6, 6.07) is 0.944. The lowest BCUT2D eigenvalue weighted by Crippen LogP contribution is -2.33. The van der Waals surface area contributed by atoms with E-state index in [1.165, 1.54) is 16.0 Å². The fourth-order valence-corrected chi connectivity index (χ4v) is 2.83. The maximum atomic E-state index is 12.1. The molecule has 1 atom stereocenters. The molecule has 0 bridgehead atoms. The van der Waals surface area contributed by atoms with Gasteiger partial charge in [-0.15, -0.1) is 11.3 Å². The minimum absolute atomic E-state index is 0.229. The van der Waals surface area contributed by atoms with Crippen molar-refractivity contribution in [3.05, 3.63) is 39.3 Å². The number of hydrogen-bond acceptors (Lipinski definition) is 5. The van der Waals surface area contributed by atoms with Crippen molar-refractivity contribution in [2.75, 3.05) is 5.32 Å². The largest absolute Gasteiger partial charge is 0.300 e. The van der Waals surface area contributed by atoms with E-state index in [2.05, 4.69) is 15.4 Å². The van der Waals surface area contributed by atoms with Gasteiger partial charge in [-0.05, 0) is 31.7 Å². The molecule has 0 radical (unpaired) electrons. The highest BCUT2D eigenvalue weighted by molar-refractivity contribution is 7.13. The van der Waals surface area contributed by atoms with Crippen LogP contribution in [0, 0.1) is 0 Å². The SMILES string of the molecule is C[C@@H](C(=O)Nc1nccs1)n1nc2c(cc1=O)CCC2. The van der Waals surface area contributed by atoms with Gasteiger partial charge in [0, 0.05) is 17.6 Å². The van der Waals surface area contributed by atoms with Crippen LogP contribution in [0.4, 0.5) is 5.13 Å². The first-order valence-corrected chi connectivity index (χ1v) is 7.35. The molecule has 1 aliphatic rings. The first kappa shape index (κ1) is 13.0. The number of fused-ring (bicyclic) bond motifs is 1. The minimum Gasteiger partial charge on any atom is -0.300 e. The van der Waals surface area contributed by atoms with Gasteiger partial charge in [0.2, 0.25) is 0 Å². The summed E-state index contributed by atoms with van der Waals surface area (Å²) in [5.41, 5.74) is 1.71. The highest BCUT2D eigenvalue weighted by atomic mass is 32.1. The van der Waals surface area contributed by atoms with Gasteiger partial charge in [-0.1, -0.05) is 0 Å². The van der Waals surface area contributed by atoms with Crippen LogP contribution in [0.15, 0.2) is 22.4 Å². The Hall–Kier alpha value is -2.02. The van der Waals surface area contributed by atoms with Crippen LogP contribution < -0.4 is 10.9 Å². The summed E-state index contributed by atoms with van der Waals surface area (Å²) in [6.45, 7) is 1.67. The zero-order valence-corrected chi connectivity index (χ0v) is 11.8. The monoisotopic (exact) mass is 290 g/mol. The summed E-state index contributed by atoms with van der Waals surface area (Å²) in [5, 5.41) is 9.32. The second-order valence-electron chi connectivity index (χ2n) is 4.76. The normalized spacial score (nSPS) is 14.8. The van der Waals surface area contributed by atoms with Gasteiger partial charge in [-0.2, -0.15) is 5.10 Å². The molecule has 0 aliphatic heterocycles. The Morgan fingerprint density at radius 1 is 1.50 bits per heavy atom. The maximum absolute atomic E-state index is 12.1. The molecule has 6 nitrogen and oxygen atoms in total. The number of amides is 1. The Bertz CT molecular complexity index is 693.